The molecule has 88 valence electrons. The molecular formula is C14H26O. The maximum absolute atomic E-state index is 10.9. The molecule has 0 aromatic carbocycles. The molecule has 0 aliphatic carbocycles. The number of hydrogen-bond acceptors (Lipinski definition) is 1. The summed E-state index contributed by atoms with van der Waals surface area (Å²) in [6.45, 7) is 11.0. The average molecular weight is 210 g/mol. The van der Waals surface area contributed by atoms with Crippen LogP contribution in [0.1, 0.15) is 53.9 Å². The van der Waals surface area contributed by atoms with Crippen LogP contribution in [-0.4, -0.2) is 6.29 Å². The zero-order chi connectivity index (χ0) is 11.8. The molecule has 0 spiro atoms. The van der Waals surface area contributed by atoms with Gasteiger partial charge in [0.05, 0.1) is 0 Å². The summed E-state index contributed by atoms with van der Waals surface area (Å²) in [6, 6.07) is 0. The van der Waals surface area contributed by atoms with Gasteiger partial charge in [-0.2, -0.15) is 0 Å². The fraction of sp³-hybridized carbons (Fsp3) is 0.786. The van der Waals surface area contributed by atoms with Gasteiger partial charge in [0.15, 0.2) is 0 Å². The third-order valence-electron chi connectivity index (χ3n) is 2.50. The van der Waals surface area contributed by atoms with Crippen molar-refractivity contribution in [3.63, 3.8) is 0 Å². The standard InChI is InChI=1S/C14H26O/c1-11(2)6-7-14(10-15)9-13(5)8-12(3)4/h9-13H,6-8H2,1-5H3/b14-9-. The molecule has 0 fully saturated rings. The maximum atomic E-state index is 10.9. The molecule has 0 aromatic heterocycles. The van der Waals surface area contributed by atoms with Crippen molar-refractivity contribution in [1.29, 1.82) is 0 Å². The first-order valence-corrected chi connectivity index (χ1v) is 6.11. The van der Waals surface area contributed by atoms with Crippen LogP contribution in [0.3, 0.4) is 0 Å². The number of hydrogen-bond donors (Lipinski definition) is 0. The summed E-state index contributed by atoms with van der Waals surface area (Å²) in [5.41, 5.74) is 0.983. The monoisotopic (exact) mass is 210 g/mol. The molecule has 1 unspecified atom stereocenters. The SMILES string of the molecule is CC(C)CC/C(C=O)=C/C(C)CC(C)C. The van der Waals surface area contributed by atoms with E-state index in [-0.39, 0.29) is 0 Å². The van der Waals surface area contributed by atoms with Gasteiger partial charge in [-0.1, -0.05) is 40.7 Å². The van der Waals surface area contributed by atoms with E-state index in [1.165, 1.54) is 6.42 Å². The van der Waals surface area contributed by atoms with Crippen LogP contribution < -0.4 is 0 Å². The Morgan fingerprint density at radius 1 is 1.07 bits per heavy atom. The minimum atomic E-state index is 0.525. The second-order valence-corrected chi connectivity index (χ2v) is 5.40. The summed E-state index contributed by atoms with van der Waals surface area (Å²) in [5, 5.41) is 0. The van der Waals surface area contributed by atoms with Crippen LogP contribution in [0, 0.1) is 17.8 Å². The van der Waals surface area contributed by atoms with E-state index < -0.39 is 0 Å². The van der Waals surface area contributed by atoms with Gasteiger partial charge in [0.1, 0.15) is 6.29 Å². The van der Waals surface area contributed by atoms with Crippen molar-refractivity contribution in [2.45, 2.75) is 53.9 Å². The van der Waals surface area contributed by atoms with Gasteiger partial charge >= 0.3 is 0 Å². The fourth-order valence-electron chi connectivity index (χ4n) is 1.81. The van der Waals surface area contributed by atoms with Crippen LogP contribution in [0.25, 0.3) is 0 Å². The van der Waals surface area contributed by atoms with Crippen molar-refractivity contribution in [2.75, 3.05) is 0 Å². The molecule has 0 amide bonds. The fourth-order valence-corrected chi connectivity index (χ4v) is 1.81. The van der Waals surface area contributed by atoms with E-state index >= 15 is 0 Å². The van der Waals surface area contributed by atoms with Gasteiger partial charge in [-0.25, -0.2) is 0 Å². The van der Waals surface area contributed by atoms with Crippen LogP contribution in [0.4, 0.5) is 0 Å². The van der Waals surface area contributed by atoms with Gasteiger partial charge in [-0.15, -0.1) is 0 Å². The first-order chi connectivity index (χ1) is 6.95. The smallest absolute Gasteiger partial charge is 0.145 e. The van der Waals surface area contributed by atoms with Crippen molar-refractivity contribution in [3.05, 3.63) is 11.6 Å². The minimum absolute atomic E-state index is 0.525. The Morgan fingerprint density at radius 2 is 1.67 bits per heavy atom. The Bertz CT molecular complexity index is 201. The van der Waals surface area contributed by atoms with Crippen LogP contribution in [0.15, 0.2) is 11.6 Å². The Kier molecular flexibility index (Phi) is 7.37. The molecule has 1 atom stereocenters. The van der Waals surface area contributed by atoms with Crippen LogP contribution >= 0.6 is 0 Å². The molecule has 0 bridgehead atoms. The summed E-state index contributed by atoms with van der Waals surface area (Å²) in [7, 11) is 0. The van der Waals surface area contributed by atoms with Gasteiger partial charge in [-0.05, 0) is 42.6 Å². The largest absolute Gasteiger partial charge is 0.298 e. The molecule has 0 radical (unpaired) electrons. The first-order valence-electron chi connectivity index (χ1n) is 6.11. The normalized spacial score (nSPS) is 14.7. The zero-order valence-corrected chi connectivity index (χ0v) is 10.9. The molecule has 0 rings (SSSR count). The number of carbonyl (C=O) groups is 1. The van der Waals surface area contributed by atoms with E-state index in [9.17, 15) is 4.79 Å². The molecule has 1 nitrogen and oxygen atoms in total. The molecule has 1 heteroatoms. The number of rotatable bonds is 7. The second-order valence-electron chi connectivity index (χ2n) is 5.40. The van der Waals surface area contributed by atoms with Gasteiger partial charge in [0.25, 0.3) is 0 Å². The lowest BCUT2D eigenvalue weighted by Crippen LogP contribution is -2.00. The minimum Gasteiger partial charge on any atom is -0.298 e. The van der Waals surface area contributed by atoms with Crippen molar-refractivity contribution < 1.29 is 4.79 Å². The molecule has 0 aliphatic rings. The lowest BCUT2D eigenvalue weighted by Gasteiger charge is -2.11. The summed E-state index contributed by atoms with van der Waals surface area (Å²) >= 11 is 0. The maximum Gasteiger partial charge on any atom is 0.145 e. The molecule has 0 saturated carbocycles. The highest BCUT2D eigenvalue weighted by atomic mass is 16.1. The highest BCUT2D eigenvalue weighted by molar-refractivity contribution is 5.73. The molecule has 0 saturated heterocycles. The summed E-state index contributed by atoms with van der Waals surface area (Å²) in [5.74, 6) is 1.90. The Balaban J connectivity index is 4.13. The molecule has 15 heavy (non-hydrogen) atoms. The zero-order valence-electron chi connectivity index (χ0n) is 10.9. The van der Waals surface area contributed by atoms with E-state index in [0.717, 1.165) is 24.7 Å². The van der Waals surface area contributed by atoms with E-state index in [1.807, 2.05) is 0 Å². The summed E-state index contributed by atoms with van der Waals surface area (Å²) < 4.78 is 0. The van der Waals surface area contributed by atoms with Gasteiger partial charge in [0.2, 0.25) is 0 Å². The van der Waals surface area contributed by atoms with Crippen LogP contribution in [0.2, 0.25) is 0 Å². The van der Waals surface area contributed by atoms with Crippen LogP contribution in [-0.2, 0) is 4.79 Å². The van der Waals surface area contributed by atoms with E-state index in [1.54, 1.807) is 0 Å². The molecule has 0 aliphatic heterocycles. The molecule has 0 N–H and O–H groups in total. The van der Waals surface area contributed by atoms with Crippen LogP contribution in [0.5, 0.6) is 0 Å². The highest BCUT2D eigenvalue weighted by Crippen LogP contribution is 2.17. The highest BCUT2D eigenvalue weighted by Gasteiger charge is 2.05. The predicted octanol–water partition coefficient (Wildman–Crippen LogP) is 4.23. The second kappa shape index (κ2) is 7.67. The topological polar surface area (TPSA) is 17.1 Å². The Hall–Kier alpha value is -0.590. The van der Waals surface area contributed by atoms with E-state index in [2.05, 4.69) is 40.7 Å². The number of aldehydes is 1. The third-order valence-corrected chi connectivity index (χ3v) is 2.50. The molecule has 0 heterocycles. The lowest BCUT2D eigenvalue weighted by molar-refractivity contribution is -0.105. The van der Waals surface area contributed by atoms with Crippen molar-refractivity contribution in [2.24, 2.45) is 17.8 Å². The van der Waals surface area contributed by atoms with Gasteiger partial charge < -0.3 is 0 Å². The Labute approximate surface area is 95.0 Å². The number of allylic oxidation sites excluding steroid dienone is 2. The van der Waals surface area contributed by atoms with Gasteiger partial charge in [-0.3, -0.25) is 4.79 Å². The van der Waals surface area contributed by atoms with Crippen molar-refractivity contribution >= 4 is 6.29 Å². The molecule has 0 aromatic rings. The Morgan fingerprint density at radius 3 is 2.07 bits per heavy atom. The van der Waals surface area contributed by atoms with Gasteiger partial charge in [0, 0.05) is 0 Å². The van der Waals surface area contributed by atoms with Crippen molar-refractivity contribution in [3.8, 4) is 0 Å². The third kappa shape index (κ3) is 8.41. The predicted molar refractivity (Wildman–Crippen MR) is 66.8 cm³/mol. The molecular weight excluding hydrogens is 184 g/mol. The van der Waals surface area contributed by atoms with E-state index in [0.29, 0.717) is 17.8 Å². The summed E-state index contributed by atoms with van der Waals surface area (Å²) in [6.07, 6.45) is 6.39. The average Bonchev–Trinajstić information content (AvgIpc) is 2.10. The van der Waals surface area contributed by atoms with Crippen molar-refractivity contribution in [1.82, 2.24) is 0 Å². The quantitative estimate of drug-likeness (QED) is 0.454. The lowest BCUT2D eigenvalue weighted by atomic mass is 9.94. The number of carbonyl (C=O) groups excluding carboxylic acids is 1. The van der Waals surface area contributed by atoms with E-state index in [4.69, 9.17) is 0 Å². The summed E-state index contributed by atoms with van der Waals surface area (Å²) in [4.78, 5) is 10.9. The first kappa shape index (κ1) is 14.4.